The molecule has 4 nitrogen and oxygen atoms in total. The number of ketones is 1. The maximum absolute atomic E-state index is 11.1. The molecule has 0 saturated carbocycles. The topological polar surface area (TPSA) is 59.7 Å². The van der Waals surface area contributed by atoms with E-state index < -0.39 is 0 Å². The smallest absolute Gasteiger partial charge is 0.194 e. The largest absolute Gasteiger partial charge is 0.508 e. The highest BCUT2D eigenvalue weighted by molar-refractivity contribution is 5.97. The second-order valence-corrected chi connectivity index (χ2v) is 3.23. The average Bonchev–Trinajstić information content (AvgIpc) is 2.59. The van der Waals surface area contributed by atoms with Crippen molar-refractivity contribution in [2.24, 2.45) is 0 Å². The van der Waals surface area contributed by atoms with Crippen LogP contribution in [0.4, 0.5) is 0 Å². The van der Waals surface area contributed by atoms with Crippen LogP contribution < -0.4 is 4.74 Å². The fourth-order valence-corrected chi connectivity index (χ4v) is 1.44. The normalized spacial score (nSPS) is 10.5. The minimum atomic E-state index is -0.159. The Labute approximate surface area is 86.1 Å². The number of ether oxygens (including phenoxy) is 1. The van der Waals surface area contributed by atoms with Gasteiger partial charge in [-0.1, -0.05) is 0 Å². The lowest BCUT2D eigenvalue weighted by atomic mass is 10.2. The third kappa shape index (κ3) is 1.54. The van der Waals surface area contributed by atoms with E-state index in [0.717, 1.165) is 0 Å². The van der Waals surface area contributed by atoms with Crippen molar-refractivity contribution in [2.45, 2.75) is 6.92 Å². The molecule has 0 bridgehead atoms. The number of hydrogen-bond acceptors (Lipinski definition) is 4. The predicted octanol–water partition coefficient (Wildman–Crippen LogP) is 2.35. The molecule has 0 atom stereocenters. The van der Waals surface area contributed by atoms with Crippen molar-refractivity contribution < 1.29 is 19.1 Å². The lowest BCUT2D eigenvalue weighted by Crippen LogP contribution is -1.85. The van der Waals surface area contributed by atoms with Gasteiger partial charge < -0.3 is 14.3 Å². The molecule has 1 heterocycles. The van der Waals surface area contributed by atoms with Gasteiger partial charge in [0, 0.05) is 19.1 Å². The number of benzene rings is 1. The van der Waals surface area contributed by atoms with Crippen molar-refractivity contribution in [3.8, 4) is 11.5 Å². The monoisotopic (exact) mass is 206 g/mol. The molecule has 0 aliphatic rings. The van der Waals surface area contributed by atoms with Crippen LogP contribution >= 0.6 is 0 Å². The number of methoxy groups -OCH3 is 1. The quantitative estimate of drug-likeness (QED) is 0.766. The van der Waals surface area contributed by atoms with E-state index in [0.29, 0.717) is 16.7 Å². The lowest BCUT2D eigenvalue weighted by molar-refractivity contribution is 0.0989. The minimum Gasteiger partial charge on any atom is -0.508 e. The fourth-order valence-electron chi connectivity index (χ4n) is 1.44. The Morgan fingerprint density at radius 2 is 2.13 bits per heavy atom. The number of rotatable bonds is 2. The fraction of sp³-hybridized carbons (Fsp3) is 0.182. The van der Waals surface area contributed by atoms with Crippen molar-refractivity contribution in [3.63, 3.8) is 0 Å². The van der Waals surface area contributed by atoms with Gasteiger partial charge >= 0.3 is 0 Å². The predicted molar refractivity (Wildman–Crippen MR) is 54.4 cm³/mol. The zero-order chi connectivity index (χ0) is 11.0. The highest BCUT2D eigenvalue weighted by Crippen LogP contribution is 2.32. The molecule has 0 saturated heterocycles. The van der Waals surface area contributed by atoms with E-state index >= 15 is 0 Å². The van der Waals surface area contributed by atoms with Crippen LogP contribution in [0.2, 0.25) is 0 Å². The van der Waals surface area contributed by atoms with Crippen LogP contribution in [0, 0.1) is 0 Å². The number of carbonyl (C=O) groups is 1. The Balaban J connectivity index is 2.74. The van der Waals surface area contributed by atoms with Crippen LogP contribution in [-0.2, 0) is 0 Å². The summed E-state index contributed by atoms with van der Waals surface area (Å²) in [4.78, 5) is 11.1. The zero-order valence-electron chi connectivity index (χ0n) is 8.40. The molecule has 0 unspecified atom stereocenters. The number of fused-ring (bicyclic) bond motifs is 1. The van der Waals surface area contributed by atoms with Crippen LogP contribution in [-0.4, -0.2) is 18.0 Å². The first kappa shape index (κ1) is 9.58. The molecule has 15 heavy (non-hydrogen) atoms. The molecule has 2 rings (SSSR count). The van der Waals surface area contributed by atoms with Crippen LogP contribution in [0.5, 0.6) is 11.5 Å². The first-order valence-electron chi connectivity index (χ1n) is 4.43. The van der Waals surface area contributed by atoms with Crippen molar-refractivity contribution >= 4 is 16.8 Å². The maximum atomic E-state index is 11.1. The first-order chi connectivity index (χ1) is 7.11. The molecule has 1 N–H and O–H groups in total. The van der Waals surface area contributed by atoms with Gasteiger partial charge in [0.15, 0.2) is 11.5 Å². The Morgan fingerprint density at radius 1 is 1.40 bits per heavy atom. The molecule has 1 aromatic carbocycles. The standard InChI is InChI=1S/C11H10O4/c1-6(12)9-5-8-10(14-2)3-7(13)4-11(8)15-9/h3-5,13H,1-2H3. The summed E-state index contributed by atoms with van der Waals surface area (Å²) < 4.78 is 10.3. The summed E-state index contributed by atoms with van der Waals surface area (Å²) in [6.07, 6.45) is 0. The second-order valence-electron chi connectivity index (χ2n) is 3.23. The molecule has 0 aliphatic heterocycles. The summed E-state index contributed by atoms with van der Waals surface area (Å²) >= 11 is 0. The summed E-state index contributed by atoms with van der Waals surface area (Å²) in [5, 5.41) is 10.0. The highest BCUT2D eigenvalue weighted by atomic mass is 16.5. The van der Waals surface area contributed by atoms with Crippen LogP contribution in [0.25, 0.3) is 11.0 Å². The molecule has 78 valence electrons. The molecule has 0 amide bonds. The van der Waals surface area contributed by atoms with Crippen molar-refractivity contribution in [1.29, 1.82) is 0 Å². The summed E-state index contributed by atoms with van der Waals surface area (Å²) in [6.45, 7) is 1.42. The van der Waals surface area contributed by atoms with Crippen molar-refractivity contribution in [1.82, 2.24) is 0 Å². The average molecular weight is 206 g/mol. The number of carbonyl (C=O) groups excluding carboxylic acids is 1. The number of aromatic hydroxyl groups is 1. The van der Waals surface area contributed by atoms with Gasteiger partial charge in [-0.3, -0.25) is 4.79 Å². The van der Waals surface area contributed by atoms with Crippen molar-refractivity contribution in [2.75, 3.05) is 7.11 Å². The molecule has 2 aromatic rings. The molecular weight excluding hydrogens is 196 g/mol. The summed E-state index contributed by atoms with van der Waals surface area (Å²) in [5.41, 5.74) is 0.442. The molecule has 0 spiro atoms. The Kier molecular flexibility index (Phi) is 2.11. The number of Topliss-reactive ketones (excluding diaryl/α,β-unsaturated/α-hetero) is 1. The summed E-state index contributed by atoms with van der Waals surface area (Å²) in [6, 6.07) is 4.53. The molecule has 0 radical (unpaired) electrons. The zero-order valence-corrected chi connectivity index (χ0v) is 8.40. The number of phenols is 1. The summed E-state index contributed by atoms with van der Waals surface area (Å²) in [5.74, 6) is 0.631. The van der Waals surface area contributed by atoms with E-state index in [9.17, 15) is 9.90 Å². The van der Waals surface area contributed by atoms with Gasteiger partial charge in [-0.15, -0.1) is 0 Å². The van der Waals surface area contributed by atoms with Gasteiger partial charge in [-0.2, -0.15) is 0 Å². The van der Waals surface area contributed by atoms with Crippen LogP contribution in [0.3, 0.4) is 0 Å². The molecule has 4 heteroatoms. The molecule has 1 aromatic heterocycles. The Hall–Kier alpha value is -1.97. The molecule has 0 aliphatic carbocycles. The third-order valence-electron chi connectivity index (χ3n) is 2.15. The SMILES string of the molecule is COc1cc(O)cc2oc(C(C)=O)cc12. The van der Waals surface area contributed by atoms with E-state index in [1.165, 1.54) is 26.2 Å². The van der Waals surface area contributed by atoms with Gasteiger partial charge in [0.1, 0.15) is 17.1 Å². The molecular formula is C11H10O4. The van der Waals surface area contributed by atoms with E-state index in [4.69, 9.17) is 9.15 Å². The second kappa shape index (κ2) is 3.31. The van der Waals surface area contributed by atoms with Gasteiger partial charge in [0.2, 0.25) is 0 Å². The first-order valence-corrected chi connectivity index (χ1v) is 4.43. The number of phenolic OH excluding ortho intramolecular Hbond substituents is 1. The number of furan rings is 1. The lowest BCUT2D eigenvalue weighted by Gasteiger charge is -2.00. The highest BCUT2D eigenvalue weighted by Gasteiger charge is 2.12. The van der Waals surface area contributed by atoms with E-state index in [1.54, 1.807) is 6.07 Å². The number of hydrogen-bond donors (Lipinski definition) is 1. The van der Waals surface area contributed by atoms with Crippen LogP contribution in [0.15, 0.2) is 22.6 Å². The van der Waals surface area contributed by atoms with Gasteiger partial charge in [-0.25, -0.2) is 0 Å². The van der Waals surface area contributed by atoms with E-state index in [-0.39, 0.29) is 17.3 Å². The minimum absolute atomic E-state index is 0.0452. The molecule has 0 fully saturated rings. The summed E-state index contributed by atoms with van der Waals surface area (Å²) in [7, 11) is 1.49. The van der Waals surface area contributed by atoms with E-state index in [1.807, 2.05) is 0 Å². The van der Waals surface area contributed by atoms with Gasteiger partial charge in [0.25, 0.3) is 0 Å². The van der Waals surface area contributed by atoms with Crippen LogP contribution in [0.1, 0.15) is 17.5 Å². The third-order valence-corrected chi connectivity index (χ3v) is 2.15. The van der Waals surface area contributed by atoms with Gasteiger partial charge in [0.05, 0.1) is 12.5 Å². The van der Waals surface area contributed by atoms with E-state index in [2.05, 4.69) is 0 Å². The van der Waals surface area contributed by atoms with Gasteiger partial charge in [-0.05, 0) is 6.07 Å². The van der Waals surface area contributed by atoms with Crippen molar-refractivity contribution in [3.05, 3.63) is 24.0 Å². The Morgan fingerprint density at radius 3 is 2.73 bits per heavy atom. The maximum Gasteiger partial charge on any atom is 0.194 e. The Bertz CT molecular complexity index is 525.